The summed E-state index contributed by atoms with van der Waals surface area (Å²) < 4.78 is 43.7. The Hall–Kier alpha value is -1.60. The molecule has 0 spiro atoms. The van der Waals surface area contributed by atoms with Gasteiger partial charge in [0.05, 0.1) is 6.61 Å². The fraction of sp³-hybridized carbons (Fsp3) is 0.700. The molecule has 0 aromatic carbocycles. The fourth-order valence-electron chi connectivity index (χ4n) is 2.05. The lowest BCUT2D eigenvalue weighted by Gasteiger charge is -2.22. The van der Waals surface area contributed by atoms with Crippen molar-refractivity contribution in [3.8, 4) is 0 Å². The van der Waals surface area contributed by atoms with Gasteiger partial charge in [0.25, 0.3) is 0 Å². The Morgan fingerprint density at radius 3 is 2.83 bits per heavy atom. The van der Waals surface area contributed by atoms with E-state index in [2.05, 4.69) is 10.2 Å². The number of carbonyl (C=O) groups is 1. The van der Waals surface area contributed by atoms with Gasteiger partial charge < -0.3 is 9.30 Å². The van der Waals surface area contributed by atoms with Crippen LogP contribution in [0.2, 0.25) is 0 Å². The summed E-state index contributed by atoms with van der Waals surface area (Å²) in [5.74, 6) is -2.29. The molecule has 0 N–H and O–H groups in total. The third-order valence-corrected chi connectivity index (χ3v) is 2.79. The number of aromatic nitrogens is 3. The van der Waals surface area contributed by atoms with Crippen molar-refractivity contribution in [3.63, 3.8) is 0 Å². The predicted molar refractivity (Wildman–Crippen MR) is 53.6 cm³/mol. The average molecular weight is 263 g/mol. The summed E-state index contributed by atoms with van der Waals surface area (Å²) in [4.78, 5) is 11.6. The summed E-state index contributed by atoms with van der Waals surface area (Å²) in [6.07, 6.45) is -3.64. The number of esters is 1. The lowest BCUT2D eigenvalue weighted by Crippen LogP contribution is -2.26. The third kappa shape index (κ3) is 2.19. The Bertz CT molecular complexity index is 456. The highest BCUT2D eigenvalue weighted by atomic mass is 19.4. The second-order valence-corrected chi connectivity index (χ2v) is 3.98. The summed E-state index contributed by atoms with van der Waals surface area (Å²) in [6.45, 7) is 2.01. The molecule has 1 aromatic heterocycles. The molecule has 0 saturated carbocycles. The van der Waals surface area contributed by atoms with Gasteiger partial charge in [-0.1, -0.05) is 0 Å². The minimum Gasteiger partial charge on any atom is -0.465 e. The van der Waals surface area contributed by atoms with E-state index in [1.807, 2.05) is 0 Å². The first-order valence-corrected chi connectivity index (χ1v) is 5.62. The molecular weight excluding hydrogens is 251 g/mol. The first-order valence-electron chi connectivity index (χ1n) is 5.62. The van der Waals surface area contributed by atoms with Crippen LogP contribution in [0.4, 0.5) is 13.2 Å². The molecule has 1 aromatic rings. The second kappa shape index (κ2) is 4.58. The van der Waals surface area contributed by atoms with Gasteiger partial charge in [-0.3, -0.25) is 4.79 Å². The van der Waals surface area contributed by atoms with Gasteiger partial charge in [-0.25, -0.2) is 0 Å². The average Bonchev–Trinajstić information content (AvgIpc) is 2.72. The number of rotatable bonds is 2. The van der Waals surface area contributed by atoms with E-state index in [-0.39, 0.29) is 19.0 Å². The summed E-state index contributed by atoms with van der Waals surface area (Å²) in [7, 11) is 0. The number of ether oxygens (including phenoxy) is 1. The first-order chi connectivity index (χ1) is 8.45. The summed E-state index contributed by atoms with van der Waals surface area (Å²) in [5.41, 5.74) is 0. The van der Waals surface area contributed by atoms with Crippen molar-refractivity contribution in [1.29, 1.82) is 0 Å². The van der Waals surface area contributed by atoms with E-state index in [0.717, 1.165) is 4.57 Å². The van der Waals surface area contributed by atoms with Gasteiger partial charge in [0.15, 0.2) is 0 Å². The molecule has 1 aliphatic rings. The van der Waals surface area contributed by atoms with Crippen LogP contribution in [0.15, 0.2) is 0 Å². The van der Waals surface area contributed by atoms with Gasteiger partial charge >= 0.3 is 12.1 Å². The van der Waals surface area contributed by atoms with Crippen molar-refractivity contribution in [1.82, 2.24) is 14.8 Å². The number of carbonyl (C=O) groups excluding carboxylic acids is 1. The summed E-state index contributed by atoms with van der Waals surface area (Å²) >= 11 is 0. The summed E-state index contributed by atoms with van der Waals surface area (Å²) in [6, 6.07) is 0. The zero-order chi connectivity index (χ0) is 13.3. The molecule has 0 radical (unpaired) electrons. The van der Waals surface area contributed by atoms with Crippen molar-refractivity contribution in [2.45, 2.75) is 38.4 Å². The van der Waals surface area contributed by atoms with Crippen molar-refractivity contribution in [2.24, 2.45) is 0 Å². The van der Waals surface area contributed by atoms with E-state index < -0.39 is 23.9 Å². The van der Waals surface area contributed by atoms with Crippen LogP contribution in [-0.4, -0.2) is 27.3 Å². The maximum absolute atomic E-state index is 12.6. The molecule has 2 rings (SSSR count). The number of halogens is 3. The van der Waals surface area contributed by atoms with E-state index in [0.29, 0.717) is 12.8 Å². The molecule has 1 atom stereocenters. The third-order valence-electron chi connectivity index (χ3n) is 2.79. The van der Waals surface area contributed by atoms with Crippen LogP contribution in [0, 0.1) is 0 Å². The SMILES string of the molecule is CCOC(=O)C1CCCn2c1nnc2C(F)(F)F. The van der Waals surface area contributed by atoms with Gasteiger partial charge in [-0.05, 0) is 19.8 Å². The largest absolute Gasteiger partial charge is 0.465 e. The van der Waals surface area contributed by atoms with Crippen molar-refractivity contribution >= 4 is 5.97 Å². The number of hydrogen-bond donors (Lipinski definition) is 0. The van der Waals surface area contributed by atoms with E-state index >= 15 is 0 Å². The molecule has 0 bridgehead atoms. The monoisotopic (exact) mass is 263 g/mol. The predicted octanol–water partition coefficient (Wildman–Crippen LogP) is 1.74. The van der Waals surface area contributed by atoms with Gasteiger partial charge in [0, 0.05) is 6.54 Å². The van der Waals surface area contributed by atoms with Crippen LogP contribution in [0.5, 0.6) is 0 Å². The summed E-state index contributed by atoms with van der Waals surface area (Å²) in [5, 5.41) is 6.64. The lowest BCUT2D eigenvalue weighted by atomic mass is 9.99. The molecule has 0 aliphatic carbocycles. The van der Waals surface area contributed by atoms with Crippen molar-refractivity contribution < 1.29 is 22.7 Å². The highest BCUT2D eigenvalue weighted by Crippen LogP contribution is 2.34. The standard InChI is InChI=1S/C10H12F3N3O2/c1-2-18-8(17)6-4-3-5-16-7(6)14-15-9(16)10(11,12)13/h6H,2-5H2,1H3. The van der Waals surface area contributed by atoms with Gasteiger partial charge in [-0.15, -0.1) is 10.2 Å². The van der Waals surface area contributed by atoms with Crippen molar-refractivity contribution in [3.05, 3.63) is 11.6 Å². The van der Waals surface area contributed by atoms with Gasteiger partial charge in [0.2, 0.25) is 5.82 Å². The van der Waals surface area contributed by atoms with Gasteiger partial charge in [-0.2, -0.15) is 13.2 Å². The van der Waals surface area contributed by atoms with Crippen LogP contribution in [0.1, 0.15) is 37.3 Å². The van der Waals surface area contributed by atoms with Crippen LogP contribution in [0.25, 0.3) is 0 Å². The lowest BCUT2D eigenvalue weighted by molar-refractivity contribution is -0.150. The molecule has 2 heterocycles. The maximum atomic E-state index is 12.6. The van der Waals surface area contributed by atoms with E-state index in [9.17, 15) is 18.0 Å². The Kier molecular flexibility index (Phi) is 3.27. The molecule has 8 heteroatoms. The Balaban J connectivity index is 2.34. The zero-order valence-electron chi connectivity index (χ0n) is 9.70. The normalized spacial score (nSPS) is 19.4. The Labute approximate surface area is 101 Å². The molecule has 1 unspecified atom stereocenters. The molecule has 100 valence electrons. The van der Waals surface area contributed by atoms with Crippen LogP contribution in [-0.2, 0) is 22.3 Å². The minimum atomic E-state index is -4.55. The van der Waals surface area contributed by atoms with Crippen LogP contribution >= 0.6 is 0 Å². The quantitative estimate of drug-likeness (QED) is 0.762. The Morgan fingerprint density at radius 2 is 2.22 bits per heavy atom. The molecule has 0 saturated heterocycles. The van der Waals surface area contributed by atoms with Crippen LogP contribution in [0.3, 0.4) is 0 Å². The second-order valence-electron chi connectivity index (χ2n) is 3.98. The number of alkyl halides is 3. The number of fused-ring (bicyclic) bond motifs is 1. The zero-order valence-corrected chi connectivity index (χ0v) is 9.70. The minimum absolute atomic E-state index is 0.0482. The topological polar surface area (TPSA) is 57.0 Å². The molecule has 1 aliphatic heterocycles. The number of nitrogens with zero attached hydrogens (tertiary/aromatic N) is 3. The maximum Gasteiger partial charge on any atom is 0.451 e. The number of hydrogen-bond acceptors (Lipinski definition) is 4. The molecule has 0 fully saturated rings. The van der Waals surface area contributed by atoms with Gasteiger partial charge in [0.1, 0.15) is 11.7 Å². The van der Waals surface area contributed by atoms with Crippen molar-refractivity contribution in [2.75, 3.05) is 6.61 Å². The fourth-order valence-corrected chi connectivity index (χ4v) is 2.05. The molecular formula is C10H12F3N3O2. The Morgan fingerprint density at radius 1 is 1.50 bits per heavy atom. The molecule has 0 amide bonds. The van der Waals surface area contributed by atoms with Crippen LogP contribution < -0.4 is 0 Å². The highest BCUT2D eigenvalue weighted by Gasteiger charge is 2.41. The van der Waals surface area contributed by atoms with E-state index in [4.69, 9.17) is 4.74 Å². The first kappa shape index (κ1) is 12.8. The molecule has 5 nitrogen and oxygen atoms in total. The van der Waals surface area contributed by atoms with E-state index in [1.165, 1.54) is 0 Å². The van der Waals surface area contributed by atoms with E-state index in [1.54, 1.807) is 6.92 Å². The molecule has 18 heavy (non-hydrogen) atoms. The highest BCUT2D eigenvalue weighted by molar-refractivity contribution is 5.77. The smallest absolute Gasteiger partial charge is 0.451 e.